The van der Waals surface area contributed by atoms with Crippen molar-refractivity contribution < 1.29 is 44.0 Å². The Kier molecular flexibility index (Phi) is 10.7. The van der Waals surface area contributed by atoms with Crippen molar-refractivity contribution in [3.63, 3.8) is 0 Å². The van der Waals surface area contributed by atoms with E-state index in [1.165, 1.54) is 24.3 Å². The predicted molar refractivity (Wildman–Crippen MR) is 111 cm³/mol. The molecule has 0 saturated heterocycles. The summed E-state index contributed by atoms with van der Waals surface area (Å²) < 4.78 is 4.94. The number of hydrogen-bond acceptors (Lipinski definition) is 6. The lowest BCUT2D eigenvalue weighted by molar-refractivity contribution is -0.159. The first-order valence-electron chi connectivity index (χ1n) is 9.99. The summed E-state index contributed by atoms with van der Waals surface area (Å²) in [4.78, 5) is 57.2. The summed E-state index contributed by atoms with van der Waals surface area (Å²) in [6.07, 6.45) is -1.88. The number of benzene rings is 1. The molecule has 0 aliphatic heterocycles. The molecule has 2 amide bonds. The number of nitrogens with one attached hydrogen (secondary N) is 2. The van der Waals surface area contributed by atoms with Crippen molar-refractivity contribution in [2.24, 2.45) is 5.92 Å². The minimum atomic E-state index is -2.06. The van der Waals surface area contributed by atoms with Crippen molar-refractivity contribution in [1.29, 1.82) is 0 Å². The number of ether oxygens (including phenoxy) is 1. The fourth-order valence-corrected chi connectivity index (χ4v) is 2.59. The maximum Gasteiger partial charge on any atom is 0.356 e. The minimum Gasteiger partial charge on any atom is -0.481 e. The third-order valence-electron chi connectivity index (χ3n) is 4.30. The minimum absolute atomic E-state index is 0.00646. The second kappa shape index (κ2) is 12.9. The fraction of sp³-hybridized carbons (Fsp3) is 0.476. The molecule has 1 rings (SSSR count). The van der Waals surface area contributed by atoms with Crippen molar-refractivity contribution in [1.82, 2.24) is 10.6 Å². The molecule has 11 heteroatoms. The monoisotopic (exact) mass is 452 g/mol. The summed E-state index contributed by atoms with van der Waals surface area (Å²) in [6, 6.07) is 4.77. The van der Waals surface area contributed by atoms with E-state index in [0.29, 0.717) is 18.0 Å². The van der Waals surface area contributed by atoms with Gasteiger partial charge in [-0.15, -0.1) is 0 Å². The molecule has 1 atom stereocenters. The number of carbonyl (C=O) groups excluding carboxylic acids is 2. The Morgan fingerprint density at radius 1 is 0.938 bits per heavy atom. The molecule has 5 N–H and O–H groups in total. The van der Waals surface area contributed by atoms with Crippen molar-refractivity contribution in [2.75, 3.05) is 6.54 Å². The highest BCUT2D eigenvalue weighted by atomic mass is 16.5. The molecule has 1 aromatic carbocycles. The van der Waals surface area contributed by atoms with E-state index < -0.39 is 41.9 Å². The zero-order valence-corrected chi connectivity index (χ0v) is 17.9. The van der Waals surface area contributed by atoms with Crippen LogP contribution in [0.1, 0.15) is 38.7 Å². The summed E-state index contributed by atoms with van der Waals surface area (Å²) in [6.45, 7) is 4.41. The molecule has 0 fully saturated rings. The molecule has 0 saturated carbocycles. The van der Waals surface area contributed by atoms with Gasteiger partial charge in [-0.3, -0.25) is 14.4 Å². The summed E-state index contributed by atoms with van der Waals surface area (Å²) in [7, 11) is 0. The van der Waals surface area contributed by atoms with Gasteiger partial charge >= 0.3 is 17.9 Å². The van der Waals surface area contributed by atoms with Gasteiger partial charge in [-0.2, -0.15) is 0 Å². The second-order valence-electron chi connectivity index (χ2n) is 7.51. The lowest BCUT2D eigenvalue weighted by Crippen LogP contribution is -2.48. The highest BCUT2D eigenvalue weighted by Crippen LogP contribution is 2.16. The SMILES string of the molecule is CC(C)CCNC(=O)C(Cc1ccc(OC(C(=O)O)C(=O)O)cc1)NC(=O)CCC(=O)O. The molecule has 0 heterocycles. The molecule has 32 heavy (non-hydrogen) atoms. The molecular weight excluding hydrogens is 424 g/mol. The van der Waals surface area contributed by atoms with E-state index in [-0.39, 0.29) is 25.0 Å². The number of aliphatic carboxylic acids is 3. The number of carbonyl (C=O) groups is 5. The van der Waals surface area contributed by atoms with Crippen LogP contribution in [0.2, 0.25) is 0 Å². The van der Waals surface area contributed by atoms with Gasteiger partial charge in [0, 0.05) is 19.4 Å². The second-order valence-corrected chi connectivity index (χ2v) is 7.51. The van der Waals surface area contributed by atoms with E-state index in [1.807, 2.05) is 13.8 Å². The van der Waals surface area contributed by atoms with E-state index in [4.69, 9.17) is 20.1 Å². The van der Waals surface area contributed by atoms with Crippen molar-refractivity contribution in [3.05, 3.63) is 29.8 Å². The lowest BCUT2D eigenvalue weighted by atomic mass is 10.0. The van der Waals surface area contributed by atoms with Gasteiger partial charge in [0.2, 0.25) is 11.8 Å². The maximum atomic E-state index is 12.6. The number of amides is 2. The Morgan fingerprint density at radius 3 is 2.03 bits per heavy atom. The van der Waals surface area contributed by atoms with Gasteiger partial charge in [0.25, 0.3) is 6.10 Å². The molecular formula is C21H28N2O9. The smallest absolute Gasteiger partial charge is 0.356 e. The molecule has 0 spiro atoms. The third-order valence-corrected chi connectivity index (χ3v) is 4.30. The molecule has 0 aromatic heterocycles. The molecule has 0 aliphatic rings. The van der Waals surface area contributed by atoms with Crippen LogP contribution < -0.4 is 15.4 Å². The number of rotatable bonds is 14. The van der Waals surface area contributed by atoms with Crippen LogP contribution in [0.15, 0.2) is 24.3 Å². The van der Waals surface area contributed by atoms with Gasteiger partial charge in [0.05, 0.1) is 6.42 Å². The Morgan fingerprint density at radius 2 is 1.53 bits per heavy atom. The Hall–Kier alpha value is -3.63. The van der Waals surface area contributed by atoms with E-state index in [2.05, 4.69) is 10.6 Å². The highest BCUT2D eigenvalue weighted by Gasteiger charge is 2.28. The Balaban J connectivity index is 2.86. The van der Waals surface area contributed by atoms with Crippen LogP contribution in [0.25, 0.3) is 0 Å². The summed E-state index contributed by atoms with van der Waals surface area (Å²) in [5.74, 6) is -5.06. The summed E-state index contributed by atoms with van der Waals surface area (Å²) in [5.41, 5.74) is 0.585. The van der Waals surface area contributed by atoms with E-state index in [0.717, 1.165) is 6.42 Å². The average Bonchev–Trinajstić information content (AvgIpc) is 2.70. The van der Waals surface area contributed by atoms with E-state index in [9.17, 15) is 24.0 Å². The van der Waals surface area contributed by atoms with Crippen LogP contribution in [0, 0.1) is 5.92 Å². The highest BCUT2D eigenvalue weighted by molar-refractivity contribution is 5.96. The number of carboxylic acid groups (broad SMARTS) is 3. The van der Waals surface area contributed by atoms with Crippen molar-refractivity contribution in [3.8, 4) is 5.75 Å². The molecule has 0 bridgehead atoms. The summed E-state index contributed by atoms with van der Waals surface area (Å²) >= 11 is 0. The maximum absolute atomic E-state index is 12.6. The first-order chi connectivity index (χ1) is 15.0. The molecule has 1 aromatic rings. The van der Waals surface area contributed by atoms with Gasteiger partial charge in [0.15, 0.2) is 0 Å². The standard InChI is InChI=1S/C21H28N2O9/c1-12(2)9-10-22-19(27)15(23-16(24)7-8-17(25)26)11-13-3-5-14(6-4-13)32-18(20(28)29)21(30)31/h3-6,12,15,18H,7-11H2,1-2H3,(H,22,27)(H,23,24)(H,25,26)(H,28,29)(H,30,31). The zero-order chi connectivity index (χ0) is 24.3. The van der Waals surface area contributed by atoms with Crippen LogP contribution in [0.3, 0.4) is 0 Å². The predicted octanol–water partition coefficient (Wildman–Crippen LogP) is 0.658. The van der Waals surface area contributed by atoms with Gasteiger partial charge in [-0.05, 0) is 30.0 Å². The van der Waals surface area contributed by atoms with Gasteiger partial charge in [-0.1, -0.05) is 26.0 Å². The van der Waals surface area contributed by atoms with Crippen LogP contribution in [0.5, 0.6) is 5.75 Å². The van der Waals surface area contributed by atoms with Crippen LogP contribution >= 0.6 is 0 Å². The van der Waals surface area contributed by atoms with Gasteiger partial charge < -0.3 is 30.7 Å². The Labute approximate surface area is 184 Å². The topological polar surface area (TPSA) is 179 Å². The zero-order valence-electron chi connectivity index (χ0n) is 17.9. The van der Waals surface area contributed by atoms with Crippen molar-refractivity contribution in [2.45, 2.75) is 51.7 Å². The largest absolute Gasteiger partial charge is 0.481 e. The van der Waals surface area contributed by atoms with Crippen molar-refractivity contribution >= 4 is 29.7 Å². The number of hydrogen-bond donors (Lipinski definition) is 5. The Bertz CT molecular complexity index is 807. The third kappa shape index (κ3) is 9.92. The molecule has 11 nitrogen and oxygen atoms in total. The van der Waals surface area contributed by atoms with Crippen LogP contribution in [-0.4, -0.2) is 63.7 Å². The average molecular weight is 452 g/mol. The van der Waals surface area contributed by atoms with E-state index >= 15 is 0 Å². The van der Waals surface area contributed by atoms with Gasteiger partial charge in [-0.25, -0.2) is 9.59 Å². The normalized spacial score (nSPS) is 11.6. The van der Waals surface area contributed by atoms with Crippen LogP contribution in [-0.2, 0) is 30.4 Å². The molecule has 0 aliphatic carbocycles. The fourth-order valence-electron chi connectivity index (χ4n) is 2.59. The molecule has 0 radical (unpaired) electrons. The number of carboxylic acids is 3. The molecule has 1 unspecified atom stereocenters. The summed E-state index contributed by atoms with van der Waals surface area (Å²) in [5, 5.41) is 31.8. The van der Waals surface area contributed by atoms with E-state index in [1.54, 1.807) is 0 Å². The lowest BCUT2D eigenvalue weighted by Gasteiger charge is -2.19. The quantitative estimate of drug-likeness (QED) is 0.253. The van der Waals surface area contributed by atoms with Gasteiger partial charge in [0.1, 0.15) is 11.8 Å². The van der Waals surface area contributed by atoms with Crippen LogP contribution in [0.4, 0.5) is 0 Å². The molecule has 176 valence electrons. The first-order valence-corrected chi connectivity index (χ1v) is 9.99. The first kappa shape index (κ1) is 26.4.